The highest BCUT2D eigenvalue weighted by molar-refractivity contribution is 5.85. The van der Waals surface area contributed by atoms with Gasteiger partial charge in [-0.05, 0) is 43.5 Å². The van der Waals surface area contributed by atoms with Crippen molar-refractivity contribution in [3.8, 4) is 0 Å². The van der Waals surface area contributed by atoms with Crippen LogP contribution < -0.4 is 10.6 Å². The number of nitrogens with zero attached hydrogens (tertiary/aromatic N) is 4. The van der Waals surface area contributed by atoms with Crippen LogP contribution in [0.1, 0.15) is 17.7 Å². The Labute approximate surface area is 140 Å². The van der Waals surface area contributed by atoms with Gasteiger partial charge in [-0.1, -0.05) is 6.07 Å². The molecule has 0 radical (unpaired) electrons. The molecule has 0 atom stereocenters. The van der Waals surface area contributed by atoms with E-state index in [0.29, 0.717) is 5.65 Å². The number of H-pyrrole nitrogens is 1. The highest BCUT2D eigenvalue weighted by atomic mass is 35.5. The Morgan fingerprint density at radius 1 is 1.35 bits per heavy atom. The molecule has 3 aromatic heterocycles. The number of rotatable bonds is 5. The number of nitrogens with one attached hydrogen (secondary N) is 1. The van der Waals surface area contributed by atoms with Gasteiger partial charge in [-0.15, -0.1) is 12.4 Å². The second-order valence-corrected chi connectivity index (χ2v) is 5.47. The van der Waals surface area contributed by atoms with Gasteiger partial charge in [0.25, 0.3) is 0 Å². The SMILES string of the molecule is Cc1cc(N(C)CCCc2ccccn2)c2n[nH]c(=O)n2c1.Cl. The summed E-state index contributed by atoms with van der Waals surface area (Å²) in [7, 11) is 2.02. The van der Waals surface area contributed by atoms with Gasteiger partial charge >= 0.3 is 5.69 Å². The number of anilines is 1. The minimum absolute atomic E-state index is 0. The lowest BCUT2D eigenvalue weighted by atomic mass is 10.2. The first-order valence-corrected chi connectivity index (χ1v) is 7.33. The van der Waals surface area contributed by atoms with Crippen LogP contribution in [-0.4, -0.2) is 33.2 Å². The van der Waals surface area contributed by atoms with E-state index in [-0.39, 0.29) is 18.1 Å². The molecule has 0 fully saturated rings. The Balaban J connectivity index is 0.00000192. The van der Waals surface area contributed by atoms with E-state index in [1.807, 2.05) is 38.4 Å². The first-order chi connectivity index (χ1) is 10.6. The van der Waals surface area contributed by atoms with E-state index in [0.717, 1.165) is 36.3 Å². The topological polar surface area (TPSA) is 66.3 Å². The van der Waals surface area contributed by atoms with E-state index in [4.69, 9.17) is 0 Å². The molecule has 0 aliphatic rings. The number of halogens is 1. The molecule has 0 unspecified atom stereocenters. The van der Waals surface area contributed by atoms with Gasteiger partial charge in [-0.25, -0.2) is 14.3 Å². The molecule has 0 saturated heterocycles. The zero-order valence-corrected chi connectivity index (χ0v) is 14.0. The van der Waals surface area contributed by atoms with Crippen LogP contribution in [0.4, 0.5) is 5.69 Å². The molecule has 3 aromatic rings. The molecule has 0 aliphatic carbocycles. The van der Waals surface area contributed by atoms with Gasteiger partial charge in [0.05, 0.1) is 5.69 Å². The average molecular weight is 334 g/mol. The zero-order chi connectivity index (χ0) is 15.5. The Hall–Kier alpha value is -2.34. The van der Waals surface area contributed by atoms with Gasteiger partial charge in [0.1, 0.15) is 0 Å². The first-order valence-electron chi connectivity index (χ1n) is 7.33. The molecule has 0 aliphatic heterocycles. The normalized spacial score (nSPS) is 10.5. The van der Waals surface area contributed by atoms with Crippen molar-refractivity contribution in [2.45, 2.75) is 19.8 Å². The Morgan fingerprint density at radius 3 is 2.91 bits per heavy atom. The summed E-state index contributed by atoms with van der Waals surface area (Å²) in [5.74, 6) is 0. The van der Waals surface area contributed by atoms with Crippen molar-refractivity contribution in [1.29, 1.82) is 0 Å². The molecule has 3 rings (SSSR count). The fourth-order valence-electron chi connectivity index (χ4n) is 2.57. The van der Waals surface area contributed by atoms with Crippen LogP contribution in [0.15, 0.2) is 41.5 Å². The molecule has 3 heterocycles. The summed E-state index contributed by atoms with van der Waals surface area (Å²) < 4.78 is 1.56. The molecule has 0 saturated carbocycles. The molecule has 0 bridgehead atoms. The largest absolute Gasteiger partial charge is 0.372 e. The van der Waals surface area contributed by atoms with Crippen LogP contribution in [0.2, 0.25) is 0 Å². The second-order valence-electron chi connectivity index (χ2n) is 5.47. The minimum atomic E-state index is -0.207. The van der Waals surface area contributed by atoms with E-state index < -0.39 is 0 Å². The van der Waals surface area contributed by atoms with E-state index >= 15 is 0 Å². The molecule has 122 valence electrons. The monoisotopic (exact) mass is 333 g/mol. The van der Waals surface area contributed by atoms with E-state index in [2.05, 4.69) is 26.1 Å². The predicted molar refractivity (Wildman–Crippen MR) is 93.6 cm³/mol. The van der Waals surface area contributed by atoms with E-state index in [1.165, 1.54) is 0 Å². The van der Waals surface area contributed by atoms with Crippen molar-refractivity contribution in [3.63, 3.8) is 0 Å². The average Bonchev–Trinajstić information content (AvgIpc) is 2.89. The van der Waals surface area contributed by atoms with Crippen molar-refractivity contribution in [2.24, 2.45) is 0 Å². The Bertz CT molecular complexity index is 827. The quantitative estimate of drug-likeness (QED) is 0.777. The predicted octanol–water partition coefficient (Wildman–Crippen LogP) is 2.22. The number of hydrogen-bond acceptors (Lipinski definition) is 4. The fraction of sp³-hybridized carbons (Fsp3) is 0.312. The van der Waals surface area contributed by atoms with Crippen molar-refractivity contribution < 1.29 is 0 Å². The number of aryl methyl sites for hydroxylation is 2. The van der Waals surface area contributed by atoms with Crippen LogP contribution in [0.5, 0.6) is 0 Å². The van der Waals surface area contributed by atoms with Crippen molar-refractivity contribution in [1.82, 2.24) is 19.6 Å². The Kier molecular flexibility index (Phi) is 5.39. The third-order valence-electron chi connectivity index (χ3n) is 3.69. The lowest BCUT2D eigenvalue weighted by Gasteiger charge is -2.20. The highest BCUT2D eigenvalue weighted by Crippen LogP contribution is 2.19. The standard InChI is InChI=1S/C16H19N5O.ClH/c1-12-10-14(15-18-19-16(22)21(15)11-12)20(2)9-5-7-13-6-3-4-8-17-13;/h3-4,6,8,10-11H,5,7,9H2,1-2H3,(H,19,22);1H. The van der Waals surface area contributed by atoms with Crippen molar-refractivity contribution >= 4 is 23.7 Å². The number of aromatic amines is 1. The molecule has 7 heteroatoms. The van der Waals surface area contributed by atoms with Crippen molar-refractivity contribution in [2.75, 3.05) is 18.5 Å². The summed E-state index contributed by atoms with van der Waals surface area (Å²) in [5.41, 5.74) is 3.54. The second kappa shape index (κ2) is 7.28. The number of hydrogen-bond donors (Lipinski definition) is 1. The lowest BCUT2D eigenvalue weighted by Crippen LogP contribution is -2.21. The zero-order valence-electron chi connectivity index (χ0n) is 13.2. The molecule has 6 nitrogen and oxygen atoms in total. The molecule has 1 N–H and O–H groups in total. The molecular weight excluding hydrogens is 314 g/mol. The maximum absolute atomic E-state index is 11.7. The van der Waals surface area contributed by atoms with E-state index in [1.54, 1.807) is 10.6 Å². The van der Waals surface area contributed by atoms with Crippen LogP contribution in [-0.2, 0) is 6.42 Å². The summed E-state index contributed by atoms with van der Waals surface area (Å²) in [4.78, 5) is 18.2. The number of aromatic nitrogens is 4. The first kappa shape index (κ1) is 17.0. The van der Waals surface area contributed by atoms with Gasteiger partial charge < -0.3 is 4.90 Å². The summed E-state index contributed by atoms with van der Waals surface area (Å²) in [6, 6.07) is 8.02. The van der Waals surface area contributed by atoms with Crippen molar-refractivity contribution in [3.05, 3.63) is 58.4 Å². The number of fused-ring (bicyclic) bond motifs is 1. The summed E-state index contributed by atoms with van der Waals surface area (Å²) >= 11 is 0. The summed E-state index contributed by atoms with van der Waals surface area (Å²) in [5, 5.41) is 6.62. The third kappa shape index (κ3) is 3.71. The van der Waals surface area contributed by atoms with E-state index in [9.17, 15) is 4.79 Å². The minimum Gasteiger partial charge on any atom is -0.372 e. The van der Waals surface area contributed by atoms with Crippen LogP contribution >= 0.6 is 12.4 Å². The molecular formula is C16H20ClN5O. The van der Waals surface area contributed by atoms with Gasteiger partial charge in [0, 0.05) is 31.7 Å². The highest BCUT2D eigenvalue weighted by Gasteiger charge is 2.11. The summed E-state index contributed by atoms with van der Waals surface area (Å²) in [6.45, 7) is 2.85. The molecule has 0 spiro atoms. The summed E-state index contributed by atoms with van der Waals surface area (Å²) in [6.07, 6.45) is 5.54. The van der Waals surface area contributed by atoms with Crippen LogP contribution in [0.25, 0.3) is 5.65 Å². The maximum Gasteiger partial charge on any atom is 0.347 e. The molecule has 0 amide bonds. The third-order valence-corrected chi connectivity index (χ3v) is 3.69. The smallest absolute Gasteiger partial charge is 0.347 e. The van der Waals surface area contributed by atoms with Crippen LogP contribution in [0, 0.1) is 6.92 Å². The van der Waals surface area contributed by atoms with Gasteiger partial charge in [-0.2, -0.15) is 5.10 Å². The molecule has 23 heavy (non-hydrogen) atoms. The van der Waals surface area contributed by atoms with Crippen LogP contribution in [0.3, 0.4) is 0 Å². The van der Waals surface area contributed by atoms with Gasteiger partial charge in [-0.3, -0.25) is 4.98 Å². The lowest BCUT2D eigenvalue weighted by molar-refractivity contribution is 0.770. The van der Waals surface area contributed by atoms with Gasteiger partial charge in [0.15, 0.2) is 5.65 Å². The van der Waals surface area contributed by atoms with Gasteiger partial charge in [0.2, 0.25) is 0 Å². The maximum atomic E-state index is 11.7. The Morgan fingerprint density at radius 2 is 2.17 bits per heavy atom. The molecule has 0 aromatic carbocycles. The number of pyridine rings is 2. The fourth-order valence-corrected chi connectivity index (χ4v) is 2.57.